The Morgan fingerprint density at radius 2 is 1.32 bits per heavy atom. The zero-order valence-electron chi connectivity index (χ0n) is 26.9. The summed E-state index contributed by atoms with van der Waals surface area (Å²) in [5.74, 6) is 1.35. The third kappa shape index (κ3) is 4.95. The summed E-state index contributed by atoms with van der Waals surface area (Å²) in [4.78, 5) is 10.1. The summed E-state index contributed by atoms with van der Waals surface area (Å²) in [6.45, 7) is 8.90. The molecule has 8 rings (SSSR count). The first-order valence-electron chi connectivity index (χ1n) is 16.2. The monoisotopic (exact) mass is 613 g/mol. The number of aromatic hydroxyl groups is 1. The van der Waals surface area contributed by atoms with Crippen LogP contribution >= 0.6 is 0 Å². The number of hydrogen-bond donors (Lipinski definition) is 1. The number of nitrogens with zero attached hydrogens (tertiary/aromatic N) is 3. The van der Waals surface area contributed by atoms with Crippen LogP contribution in [0.15, 0.2) is 126 Å². The molecule has 8 aromatic rings. The molecular formula is C42H35N3O2. The predicted octanol–water partition coefficient (Wildman–Crippen LogP) is 11.3. The second-order valence-electron chi connectivity index (χ2n) is 12.9. The molecule has 0 saturated heterocycles. The van der Waals surface area contributed by atoms with Gasteiger partial charge in [-0.1, -0.05) is 107 Å². The summed E-state index contributed by atoms with van der Waals surface area (Å²) in [5.41, 5.74) is 9.35. The van der Waals surface area contributed by atoms with Crippen molar-refractivity contribution >= 4 is 32.7 Å². The highest BCUT2D eigenvalue weighted by Crippen LogP contribution is 2.42. The fourth-order valence-corrected chi connectivity index (χ4v) is 6.69. The average Bonchev–Trinajstić information content (AvgIpc) is 3.69. The maximum absolute atomic E-state index is 11.6. The van der Waals surface area contributed by atoms with E-state index in [1.54, 1.807) is 6.07 Å². The molecule has 0 amide bonds. The highest BCUT2D eigenvalue weighted by Gasteiger charge is 2.24. The van der Waals surface area contributed by atoms with E-state index in [1.165, 1.54) is 11.1 Å². The highest BCUT2D eigenvalue weighted by atomic mass is 16.3. The van der Waals surface area contributed by atoms with E-state index in [4.69, 9.17) is 14.4 Å². The fraction of sp³-hybridized carbons (Fsp3) is 0.143. The molecule has 0 unspecified atom stereocenters. The van der Waals surface area contributed by atoms with Crippen LogP contribution in [0.5, 0.6) is 5.75 Å². The molecule has 1 N–H and O–H groups in total. The van der Waals surface area contributed by atoms with Crippen LogP contribution in [0.2, 0.25) is 0 Å². The molecule has 3 heterocycles. The molecule has 0 aliphatic heterocycles. The van der Waals surface area contributed by atoms with Gasteiger partial charge < -0.3 is 9.52 Å². The third-order valence-corrected chi connectivity index (χ3v) is 9.11. The SMILES string of the molecule is CC(C)c1cccc(C(C)C)c1-n1cc(-c2cccc(-c3cc4ccccc4cn3)c2)nc1-c1cc2c(cc1O)oc1ccccc12. The molecule has 0 radical (unpaired) electrons. The molecule has 0 atom stereocenters. The Balaban J connectivity index is 1.37. The fourth-order valence-electron chi connectivity index (χ4n) is 6.69. The Hall–Kier alpha value is -5.68. The second kappa shape index (κ2) is 11.3. The van der Waals surface area contributed by atoms with Crippen molar-refractivity contribution in [3.8, 4) is 45.3 Å². The molecule has 0 saturated carbocycles. The zero-order valence-corrected chi connectivity index (χ0v) is 26.9. The molecular weight excluding hydrogens is 578 g/mol. The number of fused-ring (bicyclic) bond motifs is 4. The normalized spacial score (nSPS) is 11.9. The average molecular weight is 614 g/mol. The van der Waals surface area contributed by atoms with Gasteiger partial charge in [-0.15, -0.1) is 0 Å². The van der Waals surface area contributed by atoms with E-state index in [9.17, 15) is 5.11 Å². The number of rotatable bonds is 6. The van der Waals surface area contributed by atoms with Gasteiger partial charge >= 0.3 is 0 Å². The van der Waals surface area contributed by atoms with Crippen LogP contribution < -0.4 is 0 Å². The van der Waals surface area contributed by atoms with Crippen molar-refractivity contribution in [2.24, 2.45) is 0 Å². The lowest BCUT2D eigenvalue weighted by atomic mass is 9.92. The number of aromatic nitrogens is 3. The first-order chi connectivity index (χ1) is 22.9. The maximum atomic E-state index is 11.6. The summed E-state index contributed by atoms with van der Waals surface area (Å²) in [5, 5.41) is 15.8. The number of hydrogen-bond acceptors (Lipinski definition) is 4. The summed E-state index contributed by atoms with van der Waals surface area (Å²) >= 11 is 0. The van der Waals surface area contributed by atoms with Crippen molar-refractivity contribution in [1.29, 1.82) is 0 Å². The molecule has 0 fully saturated rings. The van der Waals surface area contributed by atoms with Crippen LogP contribution in [0.1, 0.15) is 50.7 Å². The van der Waals surface area contributed by atoms with Gasteiger partial charge in [-0.3, -0.25) is 9.55 Å². The van der Waals surface area contributed by atoms with E-state index in [0.717, 1.165) is 55.3 Å². The molecule has 5 nitrogen and oxygen atoms in total. The Morgan fingerprint density at radius 1 is 0.638 bits per heavy atom. The molecule has 47 heavy (non-hydrogen) atoms. The Kier molecular flexibility index (Phi) is 6.91. The summed E-state index contributed by atoms with van der Waals surface area (Å²) in [7, 11) is 0. The molecule has 0 bridgehead atoms. The predicted molar refractivity (Wildman–Crippen MR) is 192 cm³/mol. The first kappa shape index (κ1) is 28.8. The van der Waals surface area contributed by atoms with Gasteiger partial charge in [0.05, 0.1) is 22.6 Å². The van der Waals surface area contributed by atoms with Crippen molar-refractivity contribution in [3.05, 3.63) is 133 Å². The largest absolute Gasteiger partial charge is 0.507 e. The van der Waals surface area contributed by atoms with Gasteiger partial charge in [-0.25, -0.2) is 4.98 Å². The van der Waals surface area contributed by atoms with Gasteiger partial charge in [0.25, 0.3) is 0 Å². The van der Waals surface area contributed by atoms with E-state index in [0.29, 0.717) is 17.0 Å². The number of pyridine rings is 1. The number of phenolic OH excluding ortho intramolecular Hbond substituents is 1. The highest BCUT2D eigenvalue weighted by molar-refractivity contribution is 6.07. The molecule has 5 aromatic carbocycles. The summed E-state index contributed by atoms with van der Waals surface area (Å²) in [6, 6.07) is 37.1. The van der Waals surface area contributed by atoms with Crippen LogP contribution in [0, 0.1) is 0 Å². The Labute approximate surface area is 273 Å². The lowest BCUT2D eigenvalue weighted by molar-refractivity contribution is 0.476. The summed E-state index contributed by atoms with van der Waals surface area (Å²) in [6.07, 6.45) is 4.05. The number of furan rings is 1. The van der Waals surface area contributed by atoms with Crippen LogP contribution in [0.4, 0.5) is 0 Å². The smallest absolute Gasteiger partial charge is 0.149 e. The minimum atomic E-state index is 0.122. The van der Waals surface area contributed by atoms with E-state index in [-0.39, 0.29) is 17.6 Å². The van der Waals surface area contributed by atoms with Crippen LogP contribution in [-0.2, 0) is 0 Å². The zero-order chi connectivity index (χ0) is 32.2. The lowest BCUT2D eigenvalue weighted by Gasteiger charge is -2.22. The minimum Gasteiger partial charge on any atom is -0.507 e. The van der Waals surface area contributed by atoms with Crippen molar-refractivity contribution in [2.45, 2.75) is 39.5 Å². The molecule has 230 valence electrons. The van der Waals surface area contributed by atoms with Crippen molar-refractivity contribution in [1.82, 2.24) is 14.5 Å². The van der Waals surface area contributed by atoms with Gasteiger partial charge in [0.1, 0.15) is 22.7 Å². The van der Waals surface area contributed by atoms with Crippen LogP contribution in [0.3, 0.4) is 0 Å². The third-order valence-electron chi connectivity index (χ3n) is 9.11. The number of phenols is 1. The van der Waals surface area contributed by atoms with Crippen molar-refractivity contribution in [3.63, 3.8) is 0 Å². The Morgan fingerprint density at radius 3 is 2.09 bits per heavy atom. The van der Waals surface area contributed by atoms with Gasteiger partial charge in [-0.2, -0.15) is 0 Å². The van der Waals surface area contributed by atoms with Gasteiger partial charge in [-0.05, 0) is 52.6 Å². The number of benzene rings is 5. The second-order valence-corrected chi connectivity index (χ2v) is 12.9. The molecule has 3 aromatic heterocycles. The van der Waals surface area contributed by atoms with Gasteiger partial charge in [0.2, 0.25) is 0 Å². The van der Waals surface area contributed by atoms with Crippen molar-refractivity contribution < 1.29 is 9.52 Å². The number of imidazole rings is 1. The first-order valence-corrected chi connectivity index (χ1v) is 16.2. The standard InChI is InChI=1S/C42H35N3O2/c1-25(2)31-16-10-17-32(26(3)4)41(31)45-24-37(29-14-9-13-28(19-29)36-20-27-11-5-6-12-30(27)23-43-36)44-42(45)35-21-34-33-15-7-8-18-39(33)47-40(34)22-38(35)46/h5-26,46H,1-4H3. The van der Waals surface area contributed by atoms with Crippen LogP contribution in [0.25, 0.3) is 72.3 Å². The quantitative estimate of drug-likeness (QED) is 0.203. The van der Waals surface area contributed by atoms with Crippen LogP contribution in [-0.4, -0.2) is 19.6 Å². The number of para-hydroxylation sites is 2. The summed E-state index contributed by atoms with van der Waals surface area (Å²) < 4.78 is 8.29. The maximum Gasteiger partial charge on any atom is 0.149 e. The minimum absolute atomic E-state index is 0.122. The van der Waals surface area contributed by atoms with Crippen molar-refractivity contribution in [2.75, 3.05) is 0 Å². The molecule has 0 aliphatic rings. The lowest BCUT2D eigenvalue weighted by Crippen LogP contribution is -2.07. The van der Waals surface area contributed by atoms with Gasteiger partial charge in [0, 0.05) is 45.7 Å². The molecule has 5 heteroatoms. The topological polar surface area (TPSA) is 64.1 Å². The van der Waals surface area contributed by atoms with E-state index < -0.39 is 0 Å². The van der Waals surface area contributed by atoms with E-state index in [1.807, 2.05) is 36.5 Å². The molecule has 0 spiro atoms. The Bertz CT molecular complexity index is 2420. The van der Waals surface area contributed by atoms with E-state index >= 15 is 0 Å². The molecule has 0 aliphatic carbocycles. The van der Waals surface area contributed by atoms with E-state index in [2.05, 4.69) is 111 Å². The van der Waals surface area contributed by atoms with Gasteiger partial charge in [0.15, 0.2) is 0 Å².